The molecule has 2 heteroatoms. The Morgan fingerprint density at radius 1 is 1.28 bits per heavy atom. The van der Waals surface area contributed by atoms with Crippen molar-refractivity contribution in [1.82, 2.24) is 0 Å². The van der Waals surface area contributed by atoms with Gasteiger partial charge in [-0.3, -0.25) is 0 Å². The maximum absolute atomic E-state index is 9.22. The molecule has 2 nitrogen and oxygen atoms in total. The first kappa shape index (κ1) is 13.0. The number of rotatable bonds is 2. The standard InChI is InChI=1S/C16H21NO/c1-11-7-8-14(10-17)16(9-11)18-15-6-4-5-12(2)13(15)3/h4-6,11,14,16H,7-9H2,1-3H3. The van der Waals surface area contributed by atoms with E-state index in [0.717, 1.165) is 25.0 Å². The Bertz CT molecular complexity index is 461. The summed E-state index contributed by atoms with van der Waals surface area (Å²) >= 11 is 0. The van der Waals surface area contributed by atoms with E-state index in [2.05, 4.69) is 32.9 Å². The van der Waals surface area contributed by atoms with Crippen LogP contribution in [0.4, 0.5) is 0 Å². The van der Waals surface area contributed by atoms with Crippen LogP contribution in [0.15, 0.2) is 18.2 Å². The van der Waals surface area contributed by atoms with E-state index in [4.69, 9.17) is 4.74 Å². The van der Waals surface area contributed by atoms with E-state index in [9.17, 15) is 5.26 Å². The second kappa shape index (κ2) is 5.44. The molecule has 3 unspecified atom stereocenters. The monoisotopic (exact) mass is 243 g/mol. The fourth-order valence-corrected chi connectivity index (χ4v) is 2.62. The third-order valence-electron chi connectivity index (χ3n) is 4.05. The van der Waals surface area contributed by atoms with Crippen molar-refractivity contribution < 1.29 is 4.74 Å². The van der Waals surface area contributed by atoms with Crippen molar-refractivity contribution in [2.75, 3.05) is 0 Å². The molecule has 18 heavy (non-hydrogen) atoms. The molecule has 0 saturated heterocycles. The third kappa shape index (κ3) is 2.67. The van der Waals surface area contributed by atoms with Crippen LogP contribution in [0.3, 0.4) is 0 Å². The predicted octanol–water partition coefficient (Wildman–Crippen LogP) is 4.01. The Labute approximate surface area is 110 Å². The average molecular weight is 243 g/mol. The van der Waals surface area contributed by atoms with Gasteiger partial charge < -0.3 is 4.74 Å². The minimum Gasteiger partial charge on any atom is -0.489 e. The van der Waals surface area contributed by atoms with Crippen LogP contribution in [-0.4, -0.2) is 6.10 Å². The SMILES string of the molecule is Cc1cccc(OC2CC(C)CCC2C#N)c1C. The van der Waals surface area contributed by atoms with Crippen LogP contribution in [0.5, 0.6) is 5.75 Å². The Hall–Kier alpha value is -1.49. The van der Waals surface area contributed by atoms with Crippen LogP contribution in [0.2, 0.25) is 0 Å². The Kier molecular flexibility index (Phi) is 3.91. The summed E-state index contributed by atoms with van der Waals surface area (Å²) in [5.41, 5.74) is 2.43. The van der Waals surface area contributed by atoms with Crippen LogP contribution >= 0.6 is 0 Å². The number of hydrogen-bond donors (Lipinski definition) is 0. The van der Waals surface area contributed by atoms with Crippen molar-refractivity contribution >= 4 is 0 Å². The topological polar surface area (TPSA) is 33.0 Å². The van der Waals surface area contributed by atoms with Crippen LogP contribution in [0.25, 0.3) is 0 Å². The van der Waals surface area contributed by atoms with E-state index in [1.807, 2.05) is 12.1 Å². The van der Waals surface area contributed by atoms with E-state index >= 15 is 0 Å². The number of aryl methyl sites for hydroxylation is 1. The fraction of sp³-hybridized carbons (Fsp3) is 0.562. The number of nitriles is 1. The summed E-state index contributed by atoms with van der Waals surface area (Å²) in [6, 6.07) is 8.52. The zero-order valence-corrected chi connectivity index (χ0v) is 11.4. The van der Waals surface area contributed by atoms with E-state index in [1.165, 1.54) is 11.1 Å². The largest absolute Gasteiger partial charge is 0.489 e. The molecule has 0 aromatic heterocycles. The molecule has 0 amide bonds. The van der Waals surface area contributed by atoms with Crippen molar-refractivity contribution in [1.29, 1.82) is 5.26 Å². The van der Waals surface area contributed by atoms with Crippen LogP contribution in [-0.2, 0) is 0 Å². The van der Waals surface area contributed by atoms with Crippen LogP contribution < -0.4 is 4.74 Å². The van der Waals surface area contributed by atoms with Crippen molar-refractivity contribution in [3.8, 4) is 11.8 Å². The molecule has 1 aromatic carbocycles. The molecule has 0 spiro atoms. The van der Waals surface area contributed by atoms with Gasteiger partial charge in [-0.1, -0.05) is 19.1 Å². The highest BCUT2D eigenvalue weighted by Gasteiger charge is 2.30. The van der Waals surface area contributed by atoms with Crippen molar-refractivity contribution in [3.05, 3.63) is 29.3 Å². The zero-order valence-electron chi connectivity index (χ0n) is 11.4. The number of hydrogen-bond acceptors (Lipinski definition) is 2. The van der Waals surface area contributed by atoms with Gasteiger partial charge in [-0.2, -0.15) is 5.26 Å². The van der Waals surface area contributed by atoms with Gasteiger partial charge in [0.2, 0.25) is 0 Å². The Balaban J connectivity index is 2.16. The van der Waals surface area contributed by atoms with Gasteiger partial charge >= 0.3 is 0 Å². The number of ether oxygens (including phenoxy) is 1. The quantitative estimate of drug-likeness (QED) is 0.786. The normalized spacial score (nSPS) is 27.6. The van der Waals surface area contributed by atoms with E-state index in [1.54, 1.807) is 0 Å². The molecule has 2 rings (SSSR count). The van der Waals surface area contributed by atoms with Gasteiger partial charge in [0.15, 0.2) is 0 Å². The highest BCUT2D eigenvalue weighted by molar-refractivity contribution is 5.38. The average Bonchev–Trinajstić information content (AvgIpc) is 2.35. The molecular weight excluding hydrogens is 222 g/mol. The molecule has 1 aliphatic rings. The maximum atomic E-state index is 9.22. The molecule has 0 N–H and O–H groups in total. The second-order valence-electron chi connectivity index (χ2n) is 5.51. The first-order valence-corrected chi connectivity index (χ1v) is 6.74. The number of benzene rings is 1. The molecule has 0 bridgehead atoms. The fourth-order valence-electron chi connectivity index (χ4n) is 2.62. The molecule has 0 heterocycles. The van der Waals surface area contributed by atoms with Crippen molar-refractivity contribution in [2.45, 2.75) is 46.1 Å². The minimum atomic E-state index is 0.0427. The predicted molar refractivity (Wildman–Crippen MR) is 72.5 cm³/mol. The lowest BCUT2D eigenvalue weighted by molar-refractivity contribution is 0.0949. The zero-order chi connectivity index (χ0) is 13.1. The van der Waals surface area contributed by atoms with E-state index in [-0.39, 0.29) is 12.0 Å². The lowest BCUT2D eigenvalue weighted by atomic mass is 9.81. The second-order valence-corrected chi connectivity index (χ2v) is 5.51. The van der Waals surface area contributed by atoms with Gasteiger partial charge in [-0.15, -0.1) is 0 Å². The molecule has 1 aromatic rings. The molecule has 1 aliphatic carbocycles. The molecule has 1 fully saturated rings. The Morgan fingerprint density at radius 2 is 2.06 bits per heavy atom. The van der Waals surface area contributed by atoms with Crippen LogP contribution in [0.1, 0.15) is 37.3 Å². The van der Waals surface area contributed by atoms with E-state index < -0.39 is 0 Å². The molecule has 0 aliphatic heterocycles. The van der Waals surface area contributed by atoms with Gasteiger partial charge in [-0.25, -0.2) is 0 Å². The lowest BCUT2D eigenvalue weighted by Crippen LogP contribution is -2.32. The van der Waals surface area contributed by atoms with Gasteiger partial charge in [0, 0.05) is 0 Å². The lowest BCUT2D eigenvalue weighted by Gasteiger charge is -2.31. The molecule has 3 atom stereocenters. The van der Waals surface area contributed by atoms with Gasteiger partial charge in [0.05, 0.1) is 12.0 Å². The highest BCUT2D eigenvalue weighted by atomic mass is 16.5. The molecule has 0 radical (unpaired) electrons. The highest BCUT2D eigenvalue weighted by Crippen LogP contribution is 2.33. The van der Waals surface area contributed by atoms with Gasteiger partial charge in [0.1, 0.15) is 11.9 Å². The summed E-state index contributed by atoms with van der Waals surface area (Å²) in [4.78, 5) is 0. The summed E-state index contributed by atoms with van der Waals surface area (Å²) in [6.45, 7) is 6.42. The van der Waals surface area contributed by atoms with Crippen molar-refractivity contribution in [2.24, 2.45) is 11.8 Å². The summed E-state index contributed by atoms with van der Waals surface area (Å²) < 4.78 is 6.12. The molecular formula is C16H21NO. The minimum absolute atomic E-state index is 0.0427. The summed E-state index contributed by atoms with van der Waals surface area (Å²) in [5.74, 6) is 1.64. The first-order valence-electron chi connectivity index (χ1n) is 6.74. The van der Waals surface area contributed by atoms with E-state index in [0.29, 0.717) is 5.92 Å². The van der Waals surface area contributed by atoms with Gasteiger partial charge in [-0.05, 0) is 56.2 Å². The summed E-state index contributed by atoms with van der Waals surface area (Å²) in [5, 5.41) is 9.22. The number of nitrogens with zero attached hydrogens (tertiary/aromatic N) is 1. The van der Waals surface area contributed by atoms with Crippen molar-refractivity contribution in [3.63, 3.8) is 0 Å². The summed E-state index contributed by atoms with van der Waals surface area (Å²) in [7, 11) is 0. The molecule has 1 saturated carbocycles. The van der Waals surface area contributed by atoms with Crippen LogP contribution in [0, 0.1) is 37.0 Å². The smallest absolute Gasteiger partial charge is 0.122 e. The molecule has 96 valence electrons. The third-order valence-corrected chi connectivity index (χ3v) is 4.05. The summed E-state index contributed by atoms with van der Waals surface area (Å²) in [6.07, 6.45) is 3.16. The van der Waals surface area contributed by atoms with Gasteiger partial charge in [0.25, 0.3) is 0 Å². The Morgan fingerprint density at radius 3 is 2.78 bits per heavy atom. The first-order chi connectivity index (χ1) is 8.61. The maximum Gasteiger partial charge on any atom is 0.122 e.